The maximum atomic E-state index is 12.3. The van der Waals surface area contributed by atoms with Gasteiger partial charge in [-0.3, -0.25) is 9.78 Å². The molecule has 0 radical (unpaired) electrons. The van der Waals surface area contributed by atoms with Crippen LogP contribution in [-0.4, -0.2) is 61.6 Å². The maximum absolute atomic E-state index is 12.3. The molecule has 0 N–H and O–H groups in total. The third kappa shape index (κ3) is 4.43. The number of rotatable bonds is 6. The number of aromatic nitrogens is 5. The number of carbonyl (C=O) groups is 1. The predicted octanol–water partition coefficient (Wildman–Crippen LogP) is 1.51. The Morgan fingerprint density at radius 1 is 1.11 bits per heavy atom. The number of hydrogen-bond acceptors (Lipinski definition) is 7. The Labute approximate surface area is 161 Å². The Morgan fingerprint density at radius 2 is 2.00 bits per heavy atom. The number of amides is 1. The Morgan fingerprint density at radius 3 is 2.68 bits per heavy atom. The van der Waals surface area contributed by atoms with Crippen molar-refractivity contribution in [2.45, 2.75) is 18.9 Å². The molecule has 1 amide bonds. The molecule has 1 fully saturated rings. The zero-order chi connectivity index (χ0) is 19.2. The molecule has 4 heterocycles. The summed E-state index contributed by atoms with van der Waals surface area (Å²) in [7, 11) is 0. The molecule has 144 valence electrons. The first-order valence-electron chi connectivity index (χ1n) is 9.09. The lowest BCUT2D eigenvalue weighted by Crippen LogP contribution is -2.43. The fourth-order valence-corrected chi connectivity index (χ4v) is 2.97. The molecular formula is C19H20N6O3. The molecule has 0 atom stereocenters. The molecule has 3 aromatic heterocycles. The number of carbonyl (C=O) groups excluding carboxylic acids is 1. The van der Waals surface area contributed by atoms with Crippen LogP contribution >= 0.6 is 0 Å². The van der Waals surface area contributed by atoms with Gasteiger partial charge in [-0.05, 0) is 24.3 Å². The molecule has 0 saturated carbocycles. The van der Waals surface area contributed by atoms with Crippen molar-refractivity contribution in [2.75, 3.05) is 19.7 Å². The smallest absolute Gasteiger partial charge is 0.260 e. The lowest BCUT2D eigenvalue weighted by molar-refractivity contribution is -0.135. The minimum Gasteiger partial charge on any atom is -0.482 e. The van der Waals surface area contributed by atoms with Gasteiger partial charge in [0.1, 0.15) is 11.9 Å². The number of likely N-dealkylation sites (tertiary alicyclic amines) is 1. The minimum absolute atomic E-state index is 0.00754. The van der Waals surface area contributed by atoms with E-state index in [4.69, 9.17) is 9.47 Å². The second-order valence-corrected chi connectivity index (χ2v) is 6.36. The topological polar surface area (TPSA) is 95.3 Å². The first kappa shape index (κ1) is 17.9. The van der Waals surface area contributed by atoms with E-state index in [0.717, 1.165) is 12.8 Å². The van der Waals surface area contributed by atoms with E-state index >= 15 is 0 Å². The van der Waals surface area contributed by atoms with E-state index in [0.29, 0.717) is 30.5 Å². The highest BCUT2D eigenvalue weighted by Gasteiger charge is 2.24. The second-order valence-electron chi connectivity index (χ2n) is 6.36. The zero-order valence-corrected chi connectivity index (χ0v) is 15.2. The highest BCUT2D eigenvalue weighted by Crippen LogP contribution is 2.18. The largest absolute Gasteiger partial charge is 0.482 e. The van der Waals surface area contributed by atoms with Crippen molar-refractivity contribution in [1.29, 1.82) is 0 Å². The van der Waals surface area contributed by atoms with Crippen molar-refractivity contribution in [2.24, 2.45) is 0 Å². The van der Waals surface area contributed by atoms with Crippen LogP contribution in [-0.2, 0) is 4.79 Å². The first-order chi connectivity index (χ1) is 13.8. The fourth-order valence-electron chi connectivity index (χ4n) is 2.97. The highest BCUT2D eigenvalue weighted by atomic mass is 16.5. The predicted molar refractivity (Wildman–Crippen MR) is 99.1 cm³/mol. The van der Waals surface area contributed by atoms with Gasteiger partial charge in [-0.2, -0.15) is 5.10 Å². The van der Waals surface area contributed by atoms with Crippen LogP contribution in [0.3, 0.4) is 0 Å². The van der Waals surface area contributed by atoms with E-state index in [-0.39, 0.29) is 18.6 Å². The van der Waals surface area contributed by atoms with Gasteiger partial charge in [-0.1, -0.05) is 0 Å². The summed E-state index contributed by atoms with van der Waals surface area (Å²) in [5, 5.41) is 12.3. The monoisotopic (exact) mass is 380 g/mol. The van der Waals surface area contributed by atoms with E-state index in [1.807, 2.05) is 12.1 Å². The van der Waals surface area contributed by atoms with Gasteiger partial charge < -0.3 is 14.4 Å². The summed E-state index contributed by atoms with van der Waals surface area (Å²) in [5.74, 6) is 1.66. The Bertz CT molecular complexity index is 878. The quantitative estimate of drug-likeness (QED) is 0.639. The van der Waals surface area contributed by atoms with Crippen LogP contribution in [0.2, 0.25) is 0 Å². The second kappa shape index (κ2) is 8.47. The SMILES string of the molecule is O=C(COc1cccnc1)N1CCC(Oc2ccc(-n3cccn3)nn2)CC1. The van der Waals surface area contributed by atoms with Crippen molar-refractivity contribution in [3.63, 3.8) is 0 Å². The van der Waals surface area contributed by atoms with Crippen molar-refractivity contribution in [1.82, 2.24) is 29.9 Å². The van der Waals surface area contributed by atoms with Crippen molar-refractivity contribution in [3.8, 4) is 17.4 Å². The van der Waals surface area contributed by atoms with Crippen LogP contribution in [0.5, 0.6) is 11.6 Å². The molecule has 0 aliphatic carbocycles. The summed E-state index contributed by atoms with van der Waals surface area (Å²) in [5.41, 5.74) is 0. The van der Waals surface area contributed by atoms with Gasteiger partial charge in [0.05, 0.1) is 6.20 Å². The van der Waals surface area contributed by atoms with Gasteiger partial charge in [0.15, 0.2) is 12.4 Å². The zero-order valence-electron chi connectivity index (χ0n) is 15.2. The fraction of sp³-hybridized carbons (Fsp3) is 0.316. The highest BCUT2D eigenvalue weighted by molar-refractivity contribution is 5.77. The Hall–Kier alpha value is -3.49. The standard InChI is InChI=1S/C19H20N6O3/c26-19(14-27-16-3-1-8-20-13-16)24-11-6-15(7-12-24)28-18-5-4-17(22-23-18)25-10-2-9-21-25/h1-5,8-10,13,15H,6-7,11-12,14H2. The lowest BCUT2D eigenvalue weighted by Gasteiger charge is -2.31. The summed E-state index contributed by atoms with van der Waals surface area (Å²) < 4.78 is 13.0. The molecule has 1 aliphatic heterocycles. The van der Waals surface area contributed by atoms with Crippen LogP contribution in [0, 0.1) is 0 Å². The molecule has 28 heavy (non-hydrogen) atoms. The molecule has 0 unspecified atom stereocenters. The number of piperidine rings is 1. The van der Waals surface area contributed by atoms with Gasteiger partial charge in [0.2, 0.25) is 5.88 Å². The molecule has 0 spiro atoms. The van der Waals surface area contributed by atoms with Gasteiger partial charge >= 0.3 is 0 Å². The van der Waals surface area contributed by atoms with Crippen LogP contribution < -0.4 is 9.47 Å². The van der Waals surface area contributed by atoms with Crippen LogP contribution in [0.25, 0.3) is 5.82 Å². The lowest BCUT2D eigenvalue weighted by atomic mass is 10.1. The molecule has 1 saturated heterocycles. The molecule has 0 bridgehead atoms. The number of nitrogens with zero attached hydrogens (tertiary/aromatic N) is 6. The van der Waals surface area contributed by atoms with Gasteiger partial charge in [-0.15, -0.1) is 10.2 Å². The first-order valence-corrected chi connectivity index (χ1v) is 9.09. The van der Waals surface area contributed by atoms with E-state index in [2.05, 4.69) is 20.3 Å². The van der Waals surface area contributed by atoms with E-state index in [9.17, 15) is 4.79 Å². The molecular weight excluding hydrogens is 360 g/mol. The van der Waals surface area contributed by atoms with E-state index < -0.39 is 0 Å². The Kier molecular flexibility index (Phi) is 5.41. The van der Waals surface area contributed by atoms with Crippen LogP contribution in [0.15, 0.2) is 55.1 Å². The third-order valence-electron chi connectivity index (χ3n) is 4.44. The summed E-state index contributed by atoms with van der Waals surface area (Å²) in [6.45, 7) is 1.26. The summed E-state index contributed by atoms with van der Waals surface area (Å²) in [6.07, 6.45) is 8.22. The van der Waals surface area contributed by atoms with E-state index in [1.54, 1.807) is 52.6 Å². The Balaban J connectivity index is 1.23. The summed E-state index contributed by atoms with van der Waals surface area (Å²) in [6, 6.07) is 8.96. The molecule has 4 rings (SSSR count). The molecule has 9 nitrogen and oxygen atoms in total. The van der Waals surface area contributed by atoms with Crippen molar-refractivity contribution >= 4 is 5.91 Å². The molecule has 3 aromatic rings. The van der Waals surface area contributed by atoms with Crippen molar-refractivity contribution < 1.29 is 14.3 Å². The molecule has 1 aliphatic rings. The number of ether oxygens (including phenoxy) is 2. The minimum atomic E-state index is -0.0364. The number of pyridine rings is 1. The van der Waals surface area contributed by atoms with Crippen LogP contribution in [0.1, 0.15) is 12.8 Å². The molecule has 9 heteroatoms. The van der Waals surface area contributed by atoms with Crippen LogP contribution in [0.4, 0.5) is 0 Å². The normalized spacial score (nSPS) is 14.6. The van der Waals surface area contributed by atoms with E-state index in [1.165, 1.54) is 0 Å². The molecule has 0 aromatic carbocycles. The number of hydrogen-bond donors (Lipinski definition) is 0. The maximum Gasteiger partial charge on any atom is 0.260 e. The summed E-state index contributed by atoms with van der Waals surface area (Å²) in [4.78, 5) is 18.1. The van der Waals surface area contributed by atoms with Gasteiger partial charge in [0, 0.05) is 50.6 Å². The van der Waals surface area contributed by atoms with Crippen molar-refractivity contribution in [3.05, 3.63) is 55.1 Å². The average Bonchev–Trinajstić information content (AvgIpc) is 3.29. The van der Waals surface area contributed by atoms with Gasteiger partial charge in [0.25, 0.3) is 5.91 Å². The summed E-state index contributed by atoms with van der Waals surface area (Å²) >= 11 is 0. The van der Waals surface area contributed by atoms with Gasteiger partial charge in [-0.25, -0.2) is 4.68 Å². The average molecular weight is 380 g/mol. The third-order valence-corrected chi connectivity index (χ3v) is 4.44.